The maximum atomic E-state index is 12.0. The number of urea groups is 1. The smallest absolute Gasteiger partial charge is 0.374 e. The number of esters is 1. The van der Waals surface area contributed by atoms with Gasteiger partial charge >= 0.3 is 12.0 Å². The summed E-state index contributed by atoms with van der Waals surface area (Å²) in [6, 6.07) is 11.6. The van der Waals surface area contributed by atoms with Crippen LogP contribution in [0.15, 0.2) is 58.5 Å². The number of ether oxygens (including phenoxy) is 2. The SMILES string of the molecule is O=C(COC(=O)c1ccc(COc2ccccc2)o1)NC(=O)NCCC1=CCCCC1. The molecule has 31 heavy (non-hydrogen) atoms. The first kappa shape index (κ1) is 22.1. The summed E-state index contributed by atoms with van der Waals surface area (Å²) in [6.45, 7) is 0.00771. The zero-order valence-corrected chi connectivity index (χ0v) is 17.2. The van der Waals surface area contributed by atoms with E-state index in [0.29, 0.717) is 18.1 Å². The number of allylic oxidation sites excluding steroid dienone is 1. The van der Waals surface area contributed by atoms with Crippen LogP contribution >= 0.6 is 0 Å². The summed E-state index contributed by atoms with van der Waals surface area (Å²) < 4.78 is 15.8. The van der Waals surface area contributed by atoms with Crippen molar-refractivity contribution in [1.82, 2.24) is 10.6 Å². The molecular formula is C23H26N2O6. The number of hydrogen-bond donors (Lipinski definition) is 2. The number of furan rings is 1. The molecule has 3 rings (SSSR count). The highest BCUT2D eigenvalue weighted by Gasteiger charge is 2.16. The molecular weight excluding hydrogens is 400 g/mol. The van der Waals surface area contributed by atoms with E-state index in [0.717, 1.165) is 19.3 Å². The zero-order chi connectivity index (χ0) is 21.9. The van der Waals surface area contributed by atoms with Crippen LogP contribution in [0.25, 0.3) is 0 Å². The molecule has 0 spiro atoms. The van der Waals surface area contributed by atoms with Gasteiger partial charge in [0.25, 0.3) is 5.91 Å². The zero-order valence-electron chi connectivity index (χ0n) is 17.2. The van der Waals surface area contributed by atoms with E-state index in [1.54, 1.807) is 18.2 Å². The highest BCUT2D eigenvalue weighted by Crippen LogP contribution is 2.19. The van der Waals surface area contributed by atoms with Crippen LogP contribution < -0.4 is 15.4 Å². The molecule has 8 nitrogen and oxygen atoms in total. The first-order chi connectivity index (χ1) is 15.1. The molecule has 0 unspecified atom stereocenters. The monoisotopic (exact) mass is 426 g/mol. The number of carbonyl (C=O) groups is 3. The summed E-state index contributed by atoms with van der Waals surface area (Å²) in [6.07, 6.45) is 7.52. The number of para-hydroxylation sites is 1. The minimum atomic E-state index is -0.800. The van der Waals surface area contributed by atoms with Crippen molar-refractivity contribution in [2.45, 2.75) is 38.7 Å². The van der Waals surface area contributed by atoms with E-state index in [2.05, 4.69) is 16.7 Å². The van der Waals surface area contributed by atoms with Gasteiger partial charge in [-0.05, 0) is 56.4 Å². The average Bonchev–Trinajstić information content (AvgIpc) is 3.27. The van der Waals surface area contributed by atoms with E-state index in [-0.39, 0.29) is 12.4 Å². The van der Waals surface area contributed by atoms with E-state index in [1.807, 2.05) is 18.2 Å². The normalized spacial score (nSPS) is 13.1. The van der Waals surface area contributed by atoms with Gasteiger partial charge in [-0.3, -0.25) is 10.1 Å². The number of amides is 3. The largest absolute Gasteiger partial charge is 0.486 e. The lowest BCUT2D eigenvalue weighted by Gasteiger charge is -2.13. The van der Waals surface area contributed by atoms with Crippen LogP contribution in [-0.4, -0.2) is 31.1 Å². The first-order valence-electron chi connectivity index (χ1n) is 10.3. The second-order valence-electron chi connectivity index (χ2n) is 7.11. The molecule has 0 fully saturated rings. The molecule has 164 valence electrons. The van der Waals surface area contributed by atoms with E-state index in [1.165, 1.54) is 24.5 Å². The number of imide groups is 1. The van der Waals surface area contributed by atoms with Gasteiger partial charge in [0.2, 0.25) is 5.76 Å². The van der Waals surface area contributed by atoms with Crippen LogP contribution in [0.3, 0.4) is 0 Å². The van der Waals surface area contributed by atoms with Gasteiger partial charge < -0.3 is 19.2 Å². The van der Waals surface area contributed by atoms with Gasteiger partial charge in [-0.2, -0.15) is 0 Å². The van der Waals surface area contributed by atoms with Crippen molar-refractivity contribution in [3.8, 4) is 5.75 Å². The van der Waals surface area contributed by atoms with Crippen molar-refractivity contribution in [3.05, 3.63) is 65.6 Å². The predicted molar refractivity (Wildman–Crippen MR) is 112 cm³/mol. The molecule has 1 aliphatic carbocycles. The highest BCUT2D eigenvalue weighted by atomic mass is 16.6. The number of hydrogen-bond acceptors (Lipinski definition) is 6. The van der Waals surface area contributed by atoms with Crippen LogP contribution in [0.2, 0.25) is 0 Å². The van der Waals surface area contributed by atoms with Crippen molar-refractivity contribution >= 4 is 17.9 Å². The Bertz CT molecular complexity index is 919. The summed E-state index contributed by atoms with van der Waals surface area (Å²) in [5.74, 6) is -0.460. The van der Waals surface area contributed by atoms with E-state index >= 15 is 0 Å². The topological polar surface area (TPSA) is 107 Å². The Kier molecular flexibility index (Phi) is 8.28. The number of rotatable bonds is 9. The molecule has 0 bridgehead atoms. The standard InChI is InChI=1S/C23H26N2O6/c26-21(25-23(28)24-14-13-17-7-3-1-4-8-17)16-30-22(27)20-12-11-19(31-20)15-29-18-9-5-2-6-10-18/h2,5-7,9-12H,1,3-4,8,13-16H2,(H2,24,25,26,28). The highest BCUT2D eigenvalue weighted by molar-refractivity contribution is 5.96. The van der Waals surface area contributed by atoms with Crippen LogP contribution in [-0.2, 0) is 16.1 Å². The number of benzene rings is 1. The minimum absolute atomic E-state index is 0.0512. The van der Waals surface area contributed by atoms with E-state index in [9.17, 15) is 14.4 Å². The van der Waals surface area contributed by atoms with Gasteiger partial charge in [-0.15, -0.1) is 0 Å². The van der Waals surface area contributed by atoms with Crippen LogP contribution in [0.4, 0.5) is 4.79 Å². The fourth-order valence-corrected chi connectivity index (χ4v) is 3.11. The van der Waals surface area contributed by atoms with Crippen molar-refractivity contribution in [1.29, 1.82) is 0 Å². The molecule has 0 atom stereocenters. The molecule has 1 heterocycles. The molecule has 0 aliphatic heterocycles. The minimum Gasteiger partial charge on any atom is -0.486 e. The molecule has 0 radical (unpaired) electrons. The maximum absolute atomic E-state index is 12.0. The van der Waals surface area contributed by atoms with Crippen molar-refractivity contribution < 1.29 is 28.3 Å². The third-order valence-electron chi connectivity index (χ3n) is 4.69. The fourth-order valence-electron chi connectivity index (χ4n) is 3.11. The van der Waals surface area contributed by atoms with Crippen LogP contribution in [0.1, 0.15) is 48.4 Å². The third kappa shape index (κ3) is 7.65. The van der Waals surface area contributed by atoms with E-state index < -0.39 is 24.5 Å². The molecule has 1 aliphatic rings. The van der Waals surface area contributed by atoms with Gasteiger partial charge in [-0.1, -0.05) is 29.8 Å². The predicted octanol–water partition coefficient (Wildman–Crippen LogP) is 3.73. The summed E-state index contributed by atoms with van der Waals surface area (Å²) >= 11 is 0. The third-order valence-corrected chi connectivity index (χ3v) is 4.69. The summed E-state index contributed by atoms with van der Waals surface area (Å²) in [4.78, 5) is 35.6. The van der Waals surface area contributed by atoms with Gasteiger partial charge in [0.1, 0.15) is 18.1 Å². The second-order valence-corrected chi connectivity index (χ2v) is 7.11. The second kappa shape index (κ2) is 11.6. The average molecular weight is 426 g/mol. The van der Waals surface area contributed by atoms with Gasteiger partial charge in [-0.25, -0.2) is 9.59 Å². The lowest BCUT2D eigenvalue weighted by molar-refractivity contribution is -0.123. The van der Waals surface area contributed by atoms with E-state index in [4.69, 9.17) is 13.9 Å². The van der Waals surface area contributed by atoms with Gasteiger partial charge in [0, 0.05) is 6.54 Å². The van der Waals surface area contributed by atoms with Crippen molar-refractivity contribution in [2.24, 2.45) is 0 Å². The molecule has 1 aromatic heterocycles. The number of carbonyl (C=O) groups excluding carboxylic acids is 3. The molecule has 2 N–H and O–H groups in total. The Morgan fingerprint density at radius 3 is 2.65 bits per heavy atom. The fraction of sp³-hybridized carbons (Fsp3) is 0.348. The Hall–Kier alpha value is -3.55. The molecule has 3 amide bonds. The Labute approximate surface area is 180 Å². The lowest BCUT2D eigenvalue weighted by atomic mass is 9.97. The van der Waals surface area contributed by atoms with Gasteiger partial charge in [0.05, 0.1) is 0 Å². The summed E-state index contributed by atoms with van der Waals surface area (Å²) in [7, 11) is 0. The molecule has 2 aromatic rings. The molecule has 0 saturated heterocycles. The Morgan fingerprint density at radius 2 is 1.87 bits per heavy atom. The summed E-state index contributed by atoms with van der Waals surface area (Å²) in [5.41, 5.74) is 1.33. The van der Waals surface area contributed by atoms with Crippen molar-refractivity contribution in [3.63, 3.8) is 0 Å². The number of nitrogens with one attached hydrogen (secondary N) is 2. The molecule has 8 heteroatoms. The van der Waals surface area contributed by atoms with Crippen LogP contribution in [0, 0.1) is 0 Å². The molecule has 1 aromatic carbocycles. The van der Waals surface area contributed by atoms with Crippen molar-refractivity contribution in [2.75, 3.05) is 13.2 Å². The molecule has 0 saturated carbocycles. The Morgan fingerprint density at radius 1 is 1.03 bits per heavy atom. The summed E-state index contributed by atoms with van der Waals surface area (Å²) in [5, 5.41) is 4.76. The first-order valence-corrected chi connectivity index (χ1v) is 10.3. The quantitative estimate of drug-likeness (QED) is 0.467. The lowest BCUT2D eigenvalue weighted by Crippen LogP contribution is -2.41. The maximum Gasteiger partial charge on any atom is 0.374 e. The Balaban J connectivity index is 1.33. The van der Waals surface area contributed by atoms with Gasteiger partial charge in [0.15, 0.2) is 6.61 Å². The van der Waals surface area contributed by atoms with Crippen LogP contribution in [0.5, 0.6) is 5.75 Å².